The number of aromatic nitrogens is 2. The van der Waals surface area contributed by atoms with Crippen LogP contribution in [0.25, 0.3) is 0 Å². The Hall–Kier alpha value is -2.70. The Bertz CT molecular complexity index is 836. The minimum atomic E-state index is -0.0153. The maximum absolute atomic E-state index is 11.7. The van der Waals surface area contributed by atoms with Crippen molar-refractivity contribution in [3.05, 3.63) is 34.5 Å². The van der Waals surface area contributed by atoms with E-state index in [2.05, 4.69) is 44.6 Å². The number of pyridine rings is 1. The third-order valence-corrected chi connectivity index (χ3v) is 5.25. The van der Waals surface area contributed by atoms with Crippen LogP contribution >= 0.6 is 11.3 Å². The predicted molar refractivity (Wildman–Crippen MR) is 105 cm³/mol. The molecule has 1 aliphatic rings. The number of rotatable bonds is 5. The summed E-state index contributed by atoms with van der Waals surface area (Å²) in [7, 11) is 1.66. The quantitative estimate of drug-likeness (QED) is 0.819. The lowest BCUT2D eigenvalue weighted by Crippen LogP contribution is -2.50. The van der Waals surface area contributed by atoms with Crippen molar-refractivity contribution < 1.29 is 4.79 Å². The second-order valence-electron chi connectivity index (χ2n) is 6.29. The fourth-order valence-electron chi connectivity index (χ4n) is 3.01. The van der Waals surface area contributed by atoms with Crippen molar-refractivity contribution in [2.45, 2.75) is 19.9 Å². The number of carbonyl (C=O) groups is 1. The number of hydrogen-bond donors (Lipinski definition) is 2. The zero-order valence-electron chi connectivity index (χ0n) is 15.5. The van der Waals surface area contributed by atoms with E-state index < -0.39 is 0 Å². The summed E-state index contributed by atoms with van der Waals surface area (Å²) >= 11 is 1.31. The van der Waals surface area contributed by atoms with Gasteiger partial charge >= 0.3 is 6.03 Å². The van der Waals surface area contributed by atoms with Crippen molar-refractivity contribution in [3.8, 4) is 6.07 Å². The van der Waals surface area contributed by atoms with Crippen molar-refractivity contribution in [1.29, 1.82) is 5.26 Å². The van der Waals surface area contributed by atoms with E-state index in [-0.39, 0.29) is 6.03 Å². The molecule has 0 unspecified atom stereocenters. The van der Waals surface area contributed by atoms with E-state index in [0.717, 1.165) is 50.7 Å². The number of nitrogens with zero attached hydrogens (tertiary/aromatic N) is 5. The number of anilines is 2. The Morgan fingerprint density at radius 3 is 2.74 bits per heavy atom. The molecule has 0 radical (unpaired) electrons. The van der Waals surface area contributed by atoms with Crippen LogP contribution in [0.4, 0.5) is 15.7 Å². The standard InChI is InChI=1S/C18H23N7OS/c1-3-14-8-13(12-24-4-6-25(7-5-24)18(26)20-2)9-16(22-14)23-17-21-11-15(10-19)27-17/h8-9,11H,3-7,12H2,1-2H3,(H,20,26)(H,21,22,23). The zero-order valence-corrected chi connectivity index (χ0v) is 16.3. The van der Waals surface area contributed by atoms with Crippen LogP contribution in [0.15, 0.2) is 18.3 Å². The van der Waals surface area contributed by atoms with Gasteiger partial charge in [-0.05, 0) is 24.1 Å². The lowest BCUT2D eigenvalue weighted by atomic mass is 10.1. The molecule has 0 aliphatic carbocycles. The highest BCUT2D eigenvalue weighted by atomic mass is 32.1. The first kappa shape index (κ1) is 19.1. The normalized spacial score (nSPS) is 14.6. The smallest absolute Gasteiger partial charge is 0.317 e. The van der Waals surface area contributed by atoms with Gasteiger partial charge in [-0.25, -0.2) is 14.8 Å². The number of thiazole rings is 1. The van der Waals surface area contributed by atoms with Crippen molar-refractivity contribution in [1.82, 2.24) is 25.1 Å². The van der Waals surface area contributed by atoms with Gasteiger partial charge in [0, 0.05) is 45.5 Å². The lowest BCUT2D eigenvalue weighted by Gasteiger charge is -2.34. The largest absolute Gasteiger partial charge is 0.341 e. The minimum Gasteiger partial charge on any atom is -0.341 e. The molecule has 0 spiro atoms. The van der Waals surface area contributed by atoms with E-state index in [1.165, 1.54) is 16.9 Å². The molecule has 2 N–H and O–H groups in total. The second-order valence-corrected chi connectivity index (χ2v) is 7.32. The van der Waals surface area contributed by atoms with Crippen LogP contribution in [0, 0.1) is 11.3 Å². The van der Waals surface area contributed by atoms with Crippen molar-refractivity contribution in [2.24, 2.45) is 0 Å². The highest BCUT2D eigenvalue weighted by Gasteiger charge is 2.20. The topological polar surface area (TPSA) is 97.2 Å². The SMILES string of the molecule is CCc1cc(CN2CCN(C(=O)NC)CC2)cc(Nc2ncc(C#N)s2)n1. The number of urea groups is 1. The van der Waals surface area contributed by atoms with E-state index in [9.17, 15) is 4.79 Å². The van der Waals surface area contributed by atoms with Crippen LogP contribution < -0.4 is 10.6 Å². The molecule has 3 rings (SSSR count). The highest BCUT2D eigenvalue weighted by Crippen LogP contribution is 2.22. The predicted octanol–water partition coefficient (Wildman–Crippen LogP) is 2.17. The van der Waals surface area contributed by atoms with Crippen LogP contribution in [0.3, 0.4) is 0 Å². The molecule has 2 amide bonds. The molecular weight excluding hydrogens is 362 g/mol. The number of nitriles is 1. The Morgan fingerprint density at radius 1 is 1.33 bits per heavy atom. The molecule has 1 aliphatic heterocycles. The summed E-state index contributed by atoms with van der Waals surface area (Å²) in [5.74, 6) is 0.743. The van der Waals surface area contributed by atoms with Crippen molar-refractivity contribution in [3.63, 3.8) is 0 Å². The van der Waals surface area contributed by atoms with Crippen LogP contribution in [0.2, 0.25) is 0 Å². The molecule has 0 saturated carbocycles. The second kappa shape index (κ2) is 8.79. The van der Waals surface area contributed by atoms with Crippen LogP contribution in [0.5, 0.6) is 0 Å². The summed E-state index contributed by atoms with van der Waals surface area (Å²) in [4.78, 5) is 25.3. The maximum Gasteiger partial charge on any atom is 0.317 e. The number of amides is 2. The fourth-order valence-corrected chi connectivity index (χ4v) is 3.63. The third-order valence-electron chi connectivity index (χ3n) is 4.43. The van der Waals surface area contributed by atoms with Gasteiger partial charge in [0.05, 0.1) is 6.20 Å². The van der Waals surface area contributed by atoms with E-state index in [4.69, 9.17) is 5.26 Å². The van der Waals surface area contributed by atoms with Crippen LogP contribution in [-0.4, -0.2) is 59.0 Å². The lowest BCUT2D eigenvalue weighted by molar-refractivity contribution is 0.136. The monoisotopic (exact) mass is 385 g/mol. The molecule has 9 heteroatoms. The Labute approximate surface area is 162 Å². The van der Waals surface area contributed by atoms with E-state index in [1.54, 1.807) is 13.2 Å². The molecule has 27 heavy (non-hydrogen) atoms. The van der Waals surface area contributed by atoms with Crippen LogP contribution in [-0.2, 0) is 13.0 Å². The van der Waals surface area contributed by atoms with Crippen molar-refractivity contribution >= 4 is 28.3 Å². The Balaban J connectivity index is 1.67. The summed E-state index contributed by atoms with van der Waals surface area (Å²) in [6, 6.07) is 6.23. The number of aryl methyl sites for hydroxylation is 1. The molecule has 3 heterocycles. The van der Waals surface area contributed by atoms with Gasteiger partial charge in [-0.2, -0.15) is 5.26 Å². The van der Waals surface area contributed by atoms with Gasteiger partial charge in [-0.3, -0.25) is 4.90 Å². The highest BCUT2D eigenvalue weighted by molar-refractivity contribution is 7.16. The first-order chi connectivity index (χ1) is 13.1. The summed E-state index contributed by atoms with van der Waals surface area (Å²) < 4.78 is 0. The summed E-state index contributed by atoms with van der Waals surface area (Å²) in [5.41, 5.74) is 2.19. The van der Waals surface area contributed by atoms with Gasteiger partial charge < -0.3 is 15.5 Å². The van der Waals surface area contributed by atoms with E-state index in [1.807, 2.05) is 11.0 Å². The van der Waals surface area contributed by atoms with Gasteiger partial charge in [0.1, 0.15) is 16.8 Å². The molecular formula is C18H23N7OS. The molecule has 8 nitrogen and oxygen atoms in total. The molecule has 0 bridgehead atoms. The number of carbonyl (C=O) groups excluding carboxylic acids is 1. The van der Waals surface area contributed by atoms with E-state index in [0.29, 0.717) is 10.0 Å². The van der Waals surface area contributed by atoms with E-state index >= 15 is 0 Å². The number of hydrogen-bond acceptors (Lipinski definition) is 7. The molecule has 1 saturated heterocycles. The fraction of sp³-hybridized carbons (Fsp3) is 0.444. The van der Waals surface area contributed by atoms with Gasteiger partial charge in [0.15, 0.2) is 5.13 Å². The maximum atomic E-state index is 11.7. The molecule has 0 aromatic carbocycles. The Morgan fingerprint density at radius 2 is 2.11 bits per heavy atom. The molecule has 1 fully saturated rings. The first-order valence-corrected chi connectivity index (χ1v) is 9.74. The molecule has 2 aromatic rings. The Kier molecular flexibility index (Phi) is 6.21. The van der Waals surface area contributed by atoms with Crippen molar-refractivity contribution in [2.75, 3.05) is 38.5 Å². The zero-order chi connectivity index (χ0) is 19.2. The van der Waals surface area contributed by atoms with Gasteiger partial charge in [0.25, 0.3) is 0 Å². The summed E-state index contributed by atoms with van der Waals surface area (Å²) in [5, 5.41) is 15.5. The van der Waals surface area contributed by atoms with Crippen LogP contribution in [0.1, 0.15) is 23.1 Å². The first-order valence-electron chi connectivity index (χ1n) is 8.93. The molecule has 142 valence electrons. The third kappa shape index (κ3) is 4.93. The van der Waals surface area contributed by atoms with Gasteiger partial charge in [-0.1, -0.05) is 18.3 Å². The summed E-state index contributed by atoms with van der Waals surface area (Å²) in [6.07, 6.45) is 2.40. The molecule has 0 atom stereocenters. The summed E-state index contributed by atoms with van der Waals surface area (Å²) in [6.45, 7) is 6.04. The average Bonchev–Trinajstić information content (AvgIpc) is 3.15. The van der Waals surface area contributed by atoms with Gasteiger partial charge in [0.2, 0.25) is 0 Å². The number of piperazine rings is 1. The minimum absolute atomic E-state index is 0.0153. The average molecular weight is 385 g/mol. The molecule has 2 aromatic heterocycles. The van der Waals surface area contributed by atoms with Gasteiger partial charge in [-0.15, -0.1) is 0 Å². The number of nitrogens with one attached hydrogen (secondary N) is 2.